The van der Waals surface area contributed by atoms with Gasteiger partial charge in [-0.1, -0.05) is 17.7 Å². The Bertz CT molecular complexity index is 651. The standard InChI is InChI=1S/C18H24N2O5/c1-12-3-4-15(13(2)9-12)24-11-17(22)25-10-16(21)20-7-5-14(6-8-20)18(19)23/h3-4,9,14H,5-8,10-11H2,1-2H3,(H2,19,23). The summed E-state index contributed by atoms with van der Waals surface area (Å²) < 4.78 is 10.4. The molecule has 7 nitrogen and oxygen atoms in total. The lowest BCUT2D eigenvalue weighted by molar-refractivity contribution is -0.154. The number of nitrogens with two attached hydrogens (primary N) is 1. The molecule has 0 radical (unpaired) electrons. The van der Waals surface area contributed by atoms with Crippen LogP contribution in [0, 0.1) is 19.8 Å². The van der Waals surface area contributed by atoms with Crippen molar-refractivity contribution in [1.29, 1.82) is 0 Å². The topological polar surface area (TPSA) is 98.9 Å². The number of primary amides is 1. The highest BCUT2D eigenvalue weighted by Crippen LogP contribution is 2.19. The molecule has 0 spiro atoms. The van der Waals surface area contributed by atoms with Crippen LogP contribution in [-0.4, -0.2) is 49.0 Å². The van der Waals surface area contributed by atoms with Gasteiger partial charge in [0.05, 0.1) is 0 Å². The van der Waals surface area contributed by atoms with Gasteiger partial charge in [-0.15, -0.1) is 0 Å². The molecule has 0 unspecified atom stereocenters. The van der Waals surface area contributed by atoms with E-state index < -0.39 is 5.97 Å². The smallest absolute Gasteiger partial charge is 0.344 e. The van der Waals surface area contributed by atoms with E-state index in [4.69, 9.17) is 15.2 Å². The van der Waals surface area contributed by atoms with Gasteiger partial charge in [-0.05, 0) is 38.3 Å². The Morgan fingerprint density at radius 3 is 2.44 bits per heavy atom. The monoisotopic (exact) mass is 348 g/mol. The van der Waals surface area contributed by atoms with E-state index in [-0.39, 0.29) is 30.9 Å². The van der Waals surface area contributed by atoms with Gasteiger partial charge >= 0.3 is 5.97 Å². The number of carbonyl (C=O) groups is 3. The number of nitrogens with zero attached hydrogens (tertiary/aromatic N) is 1. The maximum atomic E-state index is 12.0. The maximum Gasteiger partial charge on any atom is 0.344 e. The Morgan fingerprint density at radius 1 is 1.16 bits per heavy atom. The highest BCUT2D eigenvalue weighted by atomic mass is 16.6. The summed E-state index contributed by atoms with van der Waals surface area (Å²) in [5, 5.41) is 0. The second-order valence-electron chi connectivity index (χ2n) is 6.28. The number of likely N-dealkylation sites (tertiary alicyclic amines) is 1. The third-order valence-electron chi connectivity index (χ3n) is 4.28. The number of piperidine rings is 1. The molecule has 0 saturated carbocycles. The van der Waals surface area contributed by atoms with E-state index >= 15 is 0 Å². The van der Waals surface area contributed by atoms with Crippen molar-refractivity contribution in [2.75, 3.05) is 26.3 Å². The average molecular weight is 348 g/mol. The zero-order valence-electron chi connectivity index (χ0n) is 14.6. The predicted molar refractivity (Wildman–Crippen MR) is 90.9 cm³/mol. The number of hydrogen-bond acceptors (Lipinski definition) is 5. The third-order valence-corrected chi connectivity index (χ3v) is 4.28. The van der Waals surface area contributed by atoms with Crippen LogP contribution in [-0.2, 0) is 19.1 Å². The van der Waals surface area contributed by atoms with Crippen LogP contribution in [0.15, 0.2) is 18.2 Å². The van der Waals surface area contributed by atoms with Crippen LogP contribution in [0.5, 0.6) is 5.75 Å². The van der Waals surface area contributed by atoms with Crippen LogP contribution in [0.1, 0.15) is 24.0 Å². The Labute approximate surface area is 147 Å². The largest absolute Gasteiger partial charge is 0.482 e. The van der Waals surface area contributed by atoms with Gasteiger partial charge in [-0.2, -0.15) is 0 Å². The van der Waals surface area contributed by atoms with Crippen molar-refractivity contribution in [1.82, 2.24) is 4.90 Å². The van der Waals surface area contributed by atoms with E-state index in [2.05, 4.69) is 0 Å². The number of ether oxygens (including phenoxy) is 2. The van der Waals surface area contributed by atoms with E-state index in [9.17, 15) is 14.4 Å². The second kappa shape index (κ2) is 8.50. The summed E-state index contributed by atoms with van der Waals surface area (Å²) in [7, 11) is 0. The fourth-order valence-electron chi connectivity index (χ4n) is 2.79. The zero-order chi connectivity index (χ0) is 18.4. The van der Waals surface area contributed by atoms with Crippen molar-refractivity contribution in [3.63, 3.8) is 0 Å². The molecule has 1 heterocycles. The molecule has 0 aliphatic carbocycles. The average Bonchev–Trinajstić information content (AvgIpc) is 2.59. The molecule has 2 amide bonds. The Balaban J connectivity index is 1.71. The van der Waals surface area contributed by atoms with Crippen LogP contribution in [0.25, 0.3) is 0 Å². The van der Waals surface area contributed by atoms with Crippen molar-refractivity contribution in [3.8, 4) is 5.75 Å². The molecule has 0 bridgehead atoms. The Morgan fingerprint density at radius 2 is 1.84 bits per heavy atom. The van der Waals surface area contributed by atoms with Gasteiger partial charge in [0.25, 0.3) is 5.91 Å². The SMILES string of the molecule is Cc1ccc(OCC(=O)OCC(=O)N2CCC(C(N)=O)CC2)c(C)c1. The molecule has 1 saturated heterocycles. The fraction of sp³-hybridized carbons (Fsp3) is 0.500. The minimum atomic E-state index is -0.597. The van der Waals surface area contributed by atoms with E-state index in [1.54, 1.807) is 11.0 Å². The van der Waals surface area contributed by atoms with Gasteiger partial charge in [0.1, 0.15) is 5.75 Å². The molecule has 1 aliphatic heterocycles. The number of carbonyl (C=O) groups excluding carboxylic acids is 3. The van der Waals surface area contributed by atoms with Crippen molar-refractivity contribution >= 4 is 17.8 Å². The first-order valence-electron chi connectivity index (χ1n) is 8.29. The highest BCUT2D eigenvalue weighted by Gasteiger charge is 2.26. The molecule has 2 N–H and O–H groups in total. The number of amides is 2. The van der Waals surface area contributed by atoms with Gasteiger partial charge < -0.3 is 20.1 Å². The summed E-state index contributed by atoms with van der Waals surface area (Å²) in [5.74, 6) is -0.773. The number of aryl methyl sites for hydroxylation is 2. The lowest BCUT2D eigenvalue weighted by atomic mass is 9.96. The summed E-state index contributed by atoms with van der Waals surface area (Å²) in [6.07, 6.45) is 1.09. The molecule has 136 valence electrons. The first-order valence-corrected chi connectivity index (χ1v) is 8.29. The van der Waals surface area contributed by atoms with Gasteiger partial charge in [0.15, 0.2) is 13.2 Å². The van der Waals surface area contributed by atoms with E-state index in [0.29, 0.717) is 31.7 Å². The van der Waals surface area contributed by atoms with E-state index in [0.717, 1.165) is 11.1 Å². The quantitative estimate of drug-likeness (QED) is 0.772. The number of esters is 1. The number of rotatable bonds is 6. The van der Waals surface area contributed by atoms with Gasteiger partial charge in [0, 0.05) is 19.0 Å². The summed E-state index contributed by atoms with van der Waals surface area (Å²) >= 11 is 0. The van der Waals surface area contributed by atoms with Gasteiger partial charge in [-0.3, -0.25) is 9.59 Å². The third kappa shape index (κ3) is 5.48. The minimum absolute atomic E-state index is 0.183. The summed E-state index contributed by atoms with van der Waals surface area (Å²) in [6, 6.07) is 5.65. The molecule has 2 rings (SSSR count). The molecule has 1 aromatic rings. The second-order valence-corrected chi connectivity index (χ2v) is 6.28. The molecule has 0 aromatic heterocycles. The first-order chi connectivity index (χ1) is 11.9. The first kappa shape index (κ1) is 18.8. The maximum absolute atomic E-state index is 12.0. The van der Waals surface area contributed by atoms with Crippen LogP contribution in [0.3, 0.4) is 0 Å². The highest BCUT2D eigenvalue weighted by molar-refractivity contribution is 5.82. The van der Waals surface area contributed by atoms with Crippen LogP contribution < -0.4 is 10.5 Å². The minimum Gasteiger partial charge on any atom is -0.482 e. The van der Waals surface area contributed by atoms with Crippen molar-refractivity contribution < 1.29 is 23.9 Å². The van der Waals surface area contributed by atoms with Crippen molar-refractivity contribution in [2.45, 2.75) is 26.7 Å². The normalized spacial score (nSPS) is 14.9. The van der Waals surface area contributed by atoms with Crippen LogP contribution in [0.4, 0.5) is 0 Å². The Kier molecular flexibility index (Phi) is 6.38. The molecule has 1 aliphatic rings. The molecule has 1 fully saturated rings. The van der Waals surface area contributed by atoms with Crippen molar-refractivity contribution in [2.24, 2.45) is 11.7 Å². The molecule has 7 heteroatoms. The van der Waals surface area contributed by atoms with Crippen molar-refractivity contribution in [3.05, 3.63) is 29.3 Å². The lowest BCUT2D eigenvalue weighted by Gasteiger charge is -2.30. The summed E-state index contributed by atoms with van der Waals surface area (Å²) in [6.45, 7) is 4.19. The fourth-order valence-corrected chi connectivity index (χ4v) is 2.79. The predicted octanol–water partition coefficient (Wildman–Crippen LogP) is 0.949. The molecule has 25 heavy (non-hydrogen) atoms. The summed E-state index contributed by atoms with van der Waals surface area (Å²) in [4.78, 5) is 36.5. The van der Waals surface area contributed by atoms with Crippen LogP contribution >= 0.6 is 0 Å². The number of benzene rings is 1. The van der Waals surface area contributed by atoms with Gasteiger partial charge in [0.2, 0.25) is 5.91 Å². The van der Waals surface area contributed by atoms with Crippen LogP contribution in [0.2, 0.25) is 0 Å². The molecule has 0 atom stereocenters. The molecule has 1 aromatic carbocycles. The summed E-state index contributed by atoms with van der Waals surface area (Å²) in [5.41, 5.74) is 7.30. The molecular weight excluding hydrogens is 324 g/mol. The van der Waals surface area contributed by atoms with Gasteiger partial charge in [-0.25, -0.2) is 4.79 Å². The Hall–Kier alpha value is -2.57. The zero-order valence-corrected chi connectivity index (χ0v) is 14.6. The van der Waals surface area contributed by atoms with E-state index in [1.807, 2.05) is 26.0 Å². The number of hydrogen-bond donors (Lipinski definition) is 1. The lowest BCUT2D eigenvalue weighted by Crippen LogP contribution is -2.43. The van der Waals surface area contributed by atoms with E-state index in [1.165, 1.54) is 0 Å². The molecular formula is C18H24N2O5.